The number of hydrogen-bond acceptors (Lipinski definition) is 6. The second-order valence-electron chi connectivity index (χ2n) is 8.12. The number of aryl methyl sites for hydroxylation is 1. The molecule has 1 N–H and O–H groups in total. The largest absolute Gasteiger partial charge is 0.497 e. The van der Waals surface area contributed by atoms with E-state index in [1.54, 1.807) is 17.9 Å². The lowest BCUT2D eigenvalue weighted by atomic mass is 10.1. The molecule has 7 nitrogen and oxygen atoms in total. The second-order valence-corrected chi connectivity index (χ2v) is 8.12. The predicted molar refractivity (Wildman–Crippen MR) is 134 cm³/mol. The van der Waals surface area contributed by atoms with Gasteiger partial charge in [0.1, 0.15) is 17.2 Å². The Hall–Kier alpha value is -3.13. The van der Waals surface area contributed by atoms with Crippen LogP contribution in [0.5, 0.6) is 17.4 Å². The lowest BCUT2D eigenvalue weighted by Gasteiger charge is -2.25. The standard InChI is InChI=1S/C27H35N3O4/c1-5-15-30(18-22(31)20-33-16-6-2)19-25-26(21-11-8-7-9-12-21)28-29(3)27(25)34-24-14-10-13-23(17-24)32-4/h6-14,17,22,31H,2,5,15-16,18-20H2,1,3-4H3. The molecule has 0 amide bonds. The number of aromatic nitrogens is 2. The molecule has 182 valence electrons. The van der Waals surface area contributed by atoms with Crippen LogP contribution in [-0.2, 0) is 18.3 Å². The molecule has 0 fully saturated rings. The summed E-state index contributed by atoms with van der Waals surface area (Å²) in [5, 5.41) is 15.3. The first-order chi connectivity index (χ1) is 16.5. The van der Waals surface area contributed by atoms with Gasteiger partial charge in [0, 0.05) is 31.8 Å². The maximum absolute atomic E-state index is 10.5. The summed E-state index contributed by atoms with van der Waals surface area (Å²) in [5.74, 6) is 2.05. The molecule has 0 radical (unpaired) electrons. The lowest BCUT2D eigenvalue weighted by molar-refractivity contribution is 0.0245. The van der Waals surface area contributed by atoms with E-state index < -0.39 is 6.10 Å². The van der Waals surface area contributed by atoms with E-state index in [0.29, 0.717) is 31.3 Å². The van der Waals surface area contributed by atoms with Crippen LogP contribution in [-0.4, -0.2) is 59.3 Å². The summed E-state index contributed by atoms with van der Waals surface area (Å²) in [6, 6.07) is 17.6. The van der Waals surface area contributed by atoms with Crippen molar-refractivity contribution in [2.75, 3.05) is 33.4 Å². The number of benzene rings is 2. The normalized spacial score (nSPS) is 12.0. The van der Waals surface area contributed by atoms with Crippen molar-refractivity contribution in [2.24, 2.45) is 7.05 Å². The molecule has 0 aliphatic heterocycles. The first kappa shape index (κ1) is 25.5. The average Bonchev–Trinajstić information content (AvgIpc) is 3.15. The van der Waals surface area contributed by atoms with Crippen molar-refractivity contribution in [1.82, 2.24) is 14.7 Å². The molecule has 0 saturated carbocycles. The molecular formula is C27H35N3O4. The topological polar surface area (TPSA) is 69.0 Å². The molecule has 2 aromatic carbocycles. The smallest absolute Gasteiger partial charge is 0.222 e. The van der Waals surface area contributed by atoms with Gasteiger partial charge in [0.25, 0.3) is 0 Å². The minimum atomic E-state index is -0.605. The van der Waals surface area contributed by atoms with Crippen LogP contribution in [0.2, 0.25) is 0 Å². The zero-order chi connectivity index (χ0) is 24.3. The fourth-order valence-corrected chi connectivity index (χ4v) is 3.84. The number of aliphatic hydroxyl groups is 1. The third-order valence-corrected chi connectivity index (χ3v) is 5.33. The number of ether oxygens (including phenoxy) is 3. The molecule has 0 saturated heterocycles. The Morgan fingerprint density at radius 2 is 1.91 bits per heavy atom. The van der Waals surface area contributed by atoms with E-state index in [1.165, 1.54) is 0 Å². The highest BCUT2D eigenvalue weighted by Crippen LogP contribution is 2.35. The molecule has 1 unspecified atom stereocenters. The van der Waals surface area contributed by atoms with Crippen molar-refractivity contribution in [3.8, 4) is 28.6 Å². The second kappa shape index (κ2) is 12.9. The molecule has 1 heterocycles. The van der Waals surface area contributed by atoms with E-state index in [1.807, 2.05) is 61.6 Å². The molecule has 0 aliphatic rings. The fourth-order valence-electron chi connectivity index (χ4n) is 3.84. The summed E-state index contributed by atoms with van der Waals surface area (Å²) in [4.78, 5) is 2.21. The molecule has 3 aromatic rings. The molecule has 0 spiro atoms. The molecule has 1 atom stereocenters. The van der Waals surface area contributed by atoms with Gasteiger partial charge in [0.15, 0.2) is 0 Å². The van der Waals surface area contributed by atoms with Gasteiger partial charge in [-0.15, -0.1) is 6.58 Å². The zero-order valence-electron chi connectivity index (χ0n) is 20.3. The maximum Gasteiger partial charge on any atom is 0.222 e. The van der Waals surface area contributed by atoms with Gasteiger partial charge < -0.3 is 19.3 Å². The Kier molecular flexibility index (Phi) is 9.70. The van der Waals surface area contributed by atoms with Crippen molar-refractivity contribution in [3.05, 3.63) is 72.8 Å². The van der Waals surface area contributed by atoms with Gasteiger partial charge in [0.2, 0.25) is 5.88 Å². The number of nitrogens with zero attached hydrogens (tertiary/aromatic N) is 3. The maximum atomic E-state index is 10.5. The first-order valence-corrected chi connectivity index (χ1v) is 11.6. The van der Waals surface area contributed by atoms with Crippen molar-refractivity contribution in [3.63, 3.8) is 0 Å². The van der Waals surface area contributed by atoms with Crippen molar-refractivity contribution >= 4 is 0 Å². The summed E-state index contributed by atoms with van der Waals surface area (Å²) in [6.07, 6.45) is 2.03. The highest BCUT2D eigenvalue weighted by molar-refractivity contribution is 5.65. The molecule has 3 rings (SSSR count). The van der Waals surface area contributed by atoms with Crippen LogP contribution in [0.1, 0.15) is 18.9 Å². The summed E-state index contributed by atoms with van der Waals surface area (Å²) < 4.78 is 18.9. The summed E-state index contributed by atoms with van der Waals surface area (Å²) in [6.45, 7) is 8.33. The minimum absolute atomic E-state index is 0.262. The van der Waals surface area contributed by atoms with Gasteiger partial charge in [-0.2, -0.15) is 5.10 Å². The Morgan fingerprint density at radius 1 is 1.15 bits per heavy atom. The lowest BCUT2D eigenvalue weighted by Crippen LogP contribution is -2.35. The number of rotatable bonds is 14. The first-order valence-electron chi connectivity index (χ1n) is 11.6. The highest BCUT2D eigenvalue weighted by atomic mass is 16.5. The minimum Gasteiger partial charge on any atom is -0.497 e. The van der Waals surface area contributed by atoms with Gasteiger partial charge in [0.05, 0.1) is 32.0 Å². The summed E-state index contributed by atoms with van der Waals surface area (Å²) in [5.41, 5.74) is 2.84. The van der Waals surface area contributed by atoms with Crippen LogP contribution in [0.15, 0.2) is 67.3 Å². The van der Waals surface area contributed by atoms with E-state index >= 15 is 0 Å². The molecule has 0 bridgehead atoms. The van der Waals surface area contributed by atoms with E-state index in [-0.39, 0.29) is 6.61 Å². The van der Waals surface area contributed by atoms with Gasteiger partial charge in [-0.1, -0.05) is 49.4 Å². The van der Waals surface area contributed by atoms with Crippen LogP contribution in [0.25, 0.3) is 11.3 Å². The summed E-state index contributed by atoms with van der Waals surface area (Å²) >= 11 is 0. The van der Waals surface area contributed by atoms with E-state index in [0.717, 1.165) is 35.5 Å². The van der Waals surface area contributed by atoms with Crippen LogP contribution in [0, 0.1) is 0 Å². The SMILES string of the molecule is C=CCOCC(O)CN(CCC)Cc1c(-c2ccccc2)nn(C)c1Oc1cccc(OC)c1. The van der Waals surface area contributed by atoms with E-state index in [9.17, 15) is 5.11 Å². The molecular weight excluding hydrogens is 430 g/mol. The van der Waals surface area contributed by atoms with Crippen LogP contribution in [0.4, 0.5) is 0 Å². The van der Waals surface area contributed by atoms with Crippen LogP contribution in [0.3, 0.4) is 0 Å². The van der Waals surface area contributed by atoms with Gasteiger partial charge in [-0.25, -0.2) is 4.68 Å². The molecule has 1 aromatic heterocycles. The third-order valence-electron chi connectivity index (χ3n) is 5.33. The monoisotopic (exact) mass is 465 g/mol. The zero-order valence-corrected chi connectivity index (χ0v) is 20.3. The Labute approximate surface area is 202 Å². The van der Waals surface area contributed by atoms with Crippen molar-refractivity contribution in [2.45, 2.75) is 26.0 Å². The van der Waals surface area contributed by atoms with E-state index in [2.05, 4.69) is 18.4 Å². The van der Waals surface area contributed by atoms with Gasteiger partial charge >= 0.3 is 0 Å². The van der Waals surface area contributed by atoms with E-state index in [4.69, 9.17) is 19.3 Å². The third kappa shape index (κ3) is 6.93. The Morgan fingerprint density at radius 3 is 2.62 bits per heavy atom. The Balaban J connectivity index is 1.93. The number of methoxy groups -OCH3 is 1. The van der Waals surface area contributed by atoms with Crippen molar-refractivity contribution in [1.29, 1.82) is 0 Å². The van der Waals surface area contributed by atoms with Crippen molar-refractivity contribution < 1.29 is 19.3 Å². The van der Waals surface area contributed by atoms with Crippen LogP contribution >= 0.6 is 0 Å². The Bertz CT molecular complexity index is 1040. The number of hydrogen-bond donors (Lipinski definition) is 1. The fraction of sp³-hybridized carbons (Fsp3) is 0.370. The highest BCUT2D eigenvalue weighted by Gasteiger charge is 2.23. The number of aliphatic hydroxyl groups excluding tert-OH is 1. The predicted octanol–water partition coefficient (Wildman–Crippen LogP) is 4.66. The molecule has 0 aliphatic carbocycles. The molecule has 34 heavy (non-hydrogen) atoms. The van der Waals surface area contributed by atoms with Crippen LogP contribution < -0.4 is 9.47 Å². The average molecular weight is 466 g/mol. The summed E-state index contributed by atoms with van der Waals surface area (Å²) in [7, 11) is 3.52. The quantitative estimate of drug-likeness (QED) is 0.276. The van der Waals surface area contributed by atoms with Gasteiger partial charge in [-0.3, -0.25) is 4.90 Å². The molecule has 7 heteroatoms. The van der Waals surface area contributed by atoms with Gasteiger partial charge in [-0.05, 0) is 25.1 Å².